The van der Waals surface area contributed by atoms with Crippen LogP contribution in [0.15, 0.2) is 17.0 Å². The number of carbonyl (C=O) groups is 1. The van der Waals surface area contributed by atoms with Crippen molar-refractivity contribution in [3.05, 3.63) is 39.8 Å². The fourth-order valence-corrected chi connectivity index (χ4v) is 3.06. The lowest BCUT2D eigenvalue weighted by molar-refractivity contribution is -0.121. The molecule has 6 heteroatoms. The van der Waals surface area contributed by atoms with Gasteiger partial charge in [-0.15, -0.1) is 0 Å². The molecule has 1 amide bonds. The van der Waals surface area contributed by atoms with Gasteiger partial charge < -0.3 is 0 Å². The third-order valence-electron chi connectivity index (χ3n) is 2.79. The van der Waals surface area contributed by atoms with E-state index in [1.165, 1.54) is 30.0 Å². The van der Waals surface area contributed by atoms with Crippen LogP contribution in [0.1, 0.15) is 18.1 Å². The normalized spacial score (nSPS) is 17.7. The van der Waals surface area contributed by atoms with Gasteiger partial charge >= 0.3 is 0 Å². The van der Waals surface area contributed by atoms with Gasteiger partial charge in [0.25, 0.3) is 5.91 Å². The number of benzene rings is 1. The van der Waals surface area contributed by atoms with Crippen LogP contribution in [0.25, 0.3) is 6.08 Å². The van der Waals surface area contributed by atoms with E-state index in [-0.39, 0.29) is 11.5 Å². The zero-order chi connectivity index (χ0) is 14.2. The van der Waals surface area contributed by atoms with Crippen molar-refractivity contribution in [1.82, 2.24) is 4.90 Å². The Kier molecular flexibility index (Phi) is 4.01. The van der Waals surface area contributed by atoms with Crippen LogP contribution in [0.3, 0.4) is 0 Å². The van der Waals surface area contributed by atoms with E-state index >= 15 is 0 Å². The average molecular weight is 299 g/mol. The van der Waals surface area contributed by atoms with Crippen molar-refractivity contribution in [3.63, 3.8) is 0 Å². The molecule has 1 heterocycles. The van der Waals surface area contributed by atoms with Crippen LogP contribution in [0.2, 0.25) is 0 Å². The molecular weight excluding hydrogens is 288 g/mol. The van der Waals surface area contributed by atoms with Gasteiger partial charge in [0.2, 0.25) is 0 Å². The number of thioether (sulfide) groups is 1. The fourth-order valence-electron chi connectivity index (χ4n) is 1.67. The molecule has 1 aliphatic rings. The molecule has 2 nitrogen and oxygen atoms in total. The summed E-state index contributed by atoms with van der Waals surface area (Å²) < 4.78 is 27.3. The molecule has 19 heavy (non-hydrogen) atoms. The highest BCUT2D eigenvalue weighted by molar-refractivity contribution is 8.26. The fraction of sp³-hybridized carbons (Fsp3) is 0.231. The molecule has 0 unspecified atom stereocenters. The topological polar surface area (TPSA) is 20.3 Å². The lowest BCUT2D eigenvalue weighted by Crippen LogP contribution is -2.27. The summed E-state index contributed by atoms with van der Waals surface area (Å²) in [7, 11) is 0. The van der Waals surface area contributed by atoms with Gasteiger partial charge in [-0.25, -0.2) is 8.78 Å². The van der Waals surface area contributed by atoms with E-state index in [0.717, 1.165) is 11.8 Å². The zero-order valence-corrected chi connectivity index (χ0v) is 12.0. The van der Waals surface area contributed by atoms with E-state index in [4.69, 9.17) is 12.2 Å². The van der Waals surface area contributed by atoms with Crippen molar-refractivity contribution >= 4 is 40.3 Å². The predicted octanol–water partition coefficient (Wildman–Crippen LogP) is 3.49. The number of likely N-dealkylation sites (N-methyl/N-ethyl adjacent to an activating group) is 1. The first-order chi connectivity index (χ1) is 8.93. The van der Waals surface area contributed by atoms with Crippen molar-refractivity contribution in [2.75, 3.05) is 6.54 Å². The number of halogens is 2. The number of rotatable bonds is 2. The monoisotopic (exact) mass is 299 g/mol. The molecule has 0 aromatic heterocycles. The Balaban J connectivity index is 2.38. The molecule has 1 aromatic carbocycles. The van der Waals surface area contributed by atoms with E-state index in [9.17, 15) is 13.6 Å². The van der Waals surface area contributed by atoms with Gasteiger partial charge in [-0.1, -0.05) is 24.0 Å². The number of amides is 1. The largest absolute Gasteiger partial charge is 0.293 e. The summed E-state index contributed by atoms with van der Waals surface area (Å²) in [6.07, 6.45) is 1.46. The number of thiocarbonyl (C=S) groups is 1. The van der Waals surface area contributed by atoms with Crippen molar-refractivity contribution in [3.8, 4) is 0 Å². The van der Waals surface area contributed by atoms with Gasteiger partial charge in [-0.3, -0.25) is 9.69 Å². The minimum absolute atomic E-state index is 0.0294. The van der Waals surface area contributed by atoms with E-state index in [0.29, 0.717) is 21.3 Å². The molecular formula is C13H11F2NOS2. The second-order valence-corrected chi connectivity index (χ2v) is 5.71. The van der Waals surface area contributed by atoms with Crippen LogP contribution in [0.5, 0.6) is 0 Å². The Bertz CT molecular complexity index is 575. The standard InChI is InChI=1S/C13H11F2NOS2/c1-3-16-12(17)11(19-13(16)18)6-8-4-9(14)7(2)10(15)5-8/h4-6H,3H2,1-2H3/b11-6-. The van der Waals surface area contributed by atoms with Crippen molar-refractivity contribution in [2.24, 2.45) is 0 Å². The second kappa shape index (κ2) is 5.38. The Hall–Kier alpha value is -1.27. The van der Waals surface area contributed by atoms with Gasteiger partial charge in [-0.05, 0) is 37.6 Å². The molecule has 0 N–H and O–H groups in total. The molecule has 0 bridgehead atoms. The lowest BCUT2D eigenvalue weighted by Gasteiger charge is -2.09. The first-order valence-corrected chi connectivity index (χ1v) is 6.87. The maximum absolute atomic E-state index is 13.4. The first kappa shape index (κ1) is 14.1. The van der Waals surface area contributed by atoms with Crippen molar-refractivity contribution in [2.45, 2.75) is 13.8 Å². The maximum atomic E-state index is 13.4. The molecule has 0 spiro atoms. The first-order valence-electron chi connectivity index (χ1n) is 5.65. The highest BCUT2D eigenvalue weighted by Gasteiger charge is 2.30. The third kappa shape index (κ3) is 2.69. The molecule has 100 valence electrons. The molecule has 1 fully saturated rings. The van der Waals surface area contributed by atoms with Gasteiger partial charge in [0, 0.05) is 12.1 Å². The minimum atomic E-state index is -0.628. The van der Waals surface area contributed by atoms with Crippen LogP contribution in [-0.2, 0) is 4.79 Å². The molecule has 0 aliphatic carbocycles. The van der Waals surface area contributed by atoms with E-state index in [2.05, 4.69) is 0 Å². The summed E-state index contributed by atoms with van der Waals surface area (Å²) in [5, 5.41) is 0. The summed E-state index contributed by atoms with van der Waals surface area (Å²) in [4.78, 5) is 13.8. The second-order valence-electron chi connectivity index (χ2n) is 4.04. The summed E-state index contributed by atoms with van der Waals surface area (Å²) in [6.45, 7) is 3.67. The van der Waals surface area contributed by atoms with Crippen LogP contribution in [0.4, 0.5) is 8.78 Å². The number of carbonyl (C=O) groups excluding carboxylic acids is 1. The van der Waals surface area contributed by atoms with Crippen molar-refractivity contribution < 1.29 is 13.6 Å². The van der Waals surface area contributed by atoms with Gasteiger partial charge in [-0.2, -0.15) is 0 Å². The van der Waals surface area contributed by atoms with Crippen LogP contribution < -0.4 is 0 Å². The Morgan fingerprint density at radius 2 is 1.95 bits per heavy atom. The molecule has 1 saturated heterocycles. The molecule has 1 aliphatic heterocycles. The number of hydrogen-bond acceptors (Lipinski definition) is 3. The SMILES string of the molecule is CCN1C(=O)/C(=C/c2cc(F)c(C)c(F)c2)SC1=S. The smallest absolute Gasteiger partial charge is 0.266 e. The molecule has 2 rings (SSSR count). The van der Waals surface area contributed by atoms with Gasteiger partial charge in [0.05, 0.1) is 4.91 Å². The Labute approximate surface area is 119 Å². The summed E-state index contributed by atoms with van der Waals surface area (Å²) in [5.41, 5.74) is 0.287. The van der Waals surface area contributed by atoms with Crippen LogP contribution in [0, 0.1) is 18.6 Å². The highest BCUT2D eigenvalue weighted by Crippen LogP contribution is 2.32. The number of hydrogen-bond donors (Lipinski definition) is 0. The molecule has 0 saturated carbocycles. The van der Waals surface area contributed by atoms with Gasteiger partial charge in [0.15, 0.2) is 0 Å². The summed E-state index contributed by atoms with van der Waals surface area (Å²) >= 11 is 6.20. The van der Waals surface area contributed by atoms with Crippen LogP contribution in [-0.4, -0.2) is 21.7 Å². The van der Waals surface area contributed by atoms with E-state index < -0.39 is 11.6 Å². The summed E-state index contributed by atoms with van der Waals surface area (Å²) in [5.74, 6) is -1.48. The van der Waals surface area contributed by atoms with Crippen LogP contribution >= 0.6 is 24.0 Å². The zero-order valence-electron chi connectivity index (χ0n) is 10.4. The lowest BCUT2D eigenvalue weighted by atomic mass is 10.1. The predicted molar refractivity (Wildman–Crippen MR) is 76.6 cm³/mol. The minimum Gasteiger partial charge on any atom is -0.293 e. The summed E-state index contributed by atoms with van der Waals surface area (Å²) in [6, 6.07) is 2.41. The highest BCUT2D eigenvalue weighted by atomic mass is 32.2. The maximum Gasteiger partial charge on any atom is 0.266 e. The van der Waals surface area contributed by atoms with E-state index in [1.54, 1.807) is 0 Å². The molecule has 0 radical (unpaired) electrons. The molecule has 0 atom stereocenters. The number of nitrogens with zero attached hydrogens (tertiary/aromatic N) is 1. The quantitative estimate of drug-likeness (QED) is 0.616. The van der Waals surface area contributed by atoms with E-state index in [1.807, 2.05) is 6.92 Å². The third-order valence-corrected chi connectivity index (χ3v) is 4.17. The van der Waals surface area contributed by atoms with Crippen molar-refractivity contribution in [1.29, 1.82) is 0 Å². The Morgan fingerprint density at radius 1 is 1.37 bits per heavy atom. The Morgan fingerprint density at radius 3 is 2.42 bits per heavy atom. The molecule has 1 aromatic rings. The average Bonchev–Trinajstić information content (AvgIpc) is 2.61. The van der Waals surface area contributed by atoms with Gasteiger partial charge in [0.1, 0.15) is 16.0 Å².